The Balaban J connectivity index is 3.34. The van der Waals surface area contributed by atoms with E-state index in [1.807, 2.05) is 0 Å². The van der Waals surface area contributed by atoms with Gasteiger partial charge in [0.15, 0.2) is 5.69 Å². The molecule has 13 heavy (non-hydrogen) atoms. The number of anilines is 1. The molecule has 0 amide bonds. The van der Waals surface area contributed by atoms with Crippen LogP contribution < -0.4 is 5.23 Å². The van der Waals surface area contributed by atoms with E-state index in [2.05, 4.69) is 0 Å². The van der Waals surface area contributed by atoms with Crippen LogP contribution in [-0.4, -0.2) is 15.3 Å². The van der Waals surface area contributed by atoms with Crippen molar-refractivity contribution in [3.8, 4) is 0 Å². The number of hydrogen-bond acceptors (Lipinski definition) is 5. The van der Waals surface area contributed by atoms with E-state index in [4.69, 9.17) is 10.4 Å². The molecule has 1 rings (SSSR count). The standard InChI is InChI=1S/C7H8N2O4/c1-5-3-2-4-6(8(10)11)7(5)9(12)13/h2-4,10-11H,1H3. The van der Waals surface area contributed by atoms with Crippen molar-refractivity contribution in [1.29, 1.82) is 0 Å². The molecule has 0 radical (unpaired) electrons. The molecule has 0 aliphatic rings. The number of hydrogen-bond donors (Lipinski definition) is 2. The van der Waals surface area contributed by atoms with Gasteiger partial charge in [-0.2, -0.15) is 0 Å². The summed E-state index contributed by atoms with van der Waals surface area (Å²) in [5.74, 6) is 0. The minimum Gasteiger partial charge on any atom is -0.264 e. The Morgan fingerprint density at radius 2 is 2.08 bits per heavy atom. The van der Waals surface area contributed by atoms with Gasteiger partial charge in [-0.1, -0.05) is 12.1 Å². The van der Waals surface area contributed by atoms with E-state index in [0.29, 0.717) is 5.56 Å². The number of nitrogens with zero attached hydrogens (tertiary/aromatic N) is 2. The van der Waals surface area contributed by atoms with E-state index in [0.717, 1.165) is 0 Å². The van der Waals surface area contributed by atoms with Crippen molar-refractivity contribution >= 4 is 11.4 Å². The quantitative estimate of drug-likeness (QED) is 0.537. The third-order valence-electron chi connectivity index (χ3n) is 1.61. The fourth-order valence-corrected chi connectivity index (χ4v) is 1.04. The highest BCUT2D eigenvalue weighted by Gasteiger charge is 2.19. The van der Waals surface area contributed by atoms with Gasteiger partial charge in [0.1, 0.15) is 0 Å². The lowest BCUT2D eigenvalue weighted by atomic mass is 10.2. The highest BCUT2D eigenvalue weighted by atomic mass is 16.8. The zero-order chi connectivity index (χ0) is 10.0. The smallest absolute Gasteiger partial charge is 0.264 e. The Kier molecular flexibility index (Phi) is 2.45. The molecule has 0 aliphatic carbocycles. The minimum absolute atomic E-state index is 0.245. The second-order valence-electron chi connectivity index (χ2n) is 2.49. The molecular weight excluding hydrogens is 176 g/mol. The molecule has 70 valence electrons. The minimum atomic E-state index is -0.663. The Morgan fingerprint density at radius 3 is 2.46 bits per heavy atom. The van der Waals surface area contributed by atoms with E-state index in [9.17, 15) is 10.1 Å². The van der Waals surface area contributed by atoms with Crippen LogP contribution in [0.5, 0.6) is 0 Å². The Labute approximate surface area is 73.7 Å². The first kappa shape index (κ1) is 9.43. The zero-order valence-electron chi connectivity index (χ0n) is 6.84. The van der Waals surface area contributed by atoms with Gasteiger partial charge in [0.25, 0.3) is 5.69 Å². The molecule has 0 atom stereocenters. The summed E-state index contributed by atoms with van der Waals surface area (Å²) in [7, 11) is 0. The van der Waals surface area contributed by atoms with Crippen LogP contribution >= 0.6 is 0 Å². The van der Waals surface area contributed by atoms with Gasteiger partial charge in [-0.25, -0.2) is 0 Å². The largest absolute Gasteiger partial charge is 0.300 e. The molecule has 0 bridgehead atoms. The number of nitro benzene ring substituents is 1. The van der Waals surface area contributed by atoms with E-state index < -0.39 is 4.92 Å². The van der Waals surface area contributed by atoms with Crippen molar-refractivity contribution in [2.75, 3.05) is 5.23 Å². The molecule has 0 heterocycles. The van der Waals surface area contributed by atoms with E-state index in [-0.39, 0.29) is 16.6 Å². The third kappa shape index (κ3) is 1.74. The first-order chi connectivity index (χ1) is 6.04. The van der Waals surface area contributed by atoms with E-state index in [1.165, 1.54) is 25.1 Å². The van der Waals surface area contributed by atoms with Crippen molar-refractivity contribution < 1.29 is 15.3 Å². The molecule has 0 aromatic heterocycles. The van der Waals surface area contributed by atoms with Crippen LogP contribution in [0.1, 0.15) is 5.56 Å². The molecule has 0 saturated heterocycles. The summed E-state index contributed by atoms with van der Waals surface area (Å²) in [5.41, 5.74) is -0.187. The highest BCUT2D eigenvalue weighted by molar-refractivity contribution is 5.63. The van der Waals surface area contributed by atoms with Crippen molar-refractivity contribution in [2.45, 2.75) is 6.92 Å². The van der Waals surface area contributed by atoms with Crippen molar-refractivity contribution in [2.24, 2.45) is 0 Å². The Morgan fingerprint density at radius 1 is 1.46 bits per heavy atom. The molecule has 0 saturated carbocycles. The van der Waals surface area contributed by atoms with Crippen LogP contribution in [0.2, 0.25) is 0 Å². The van der Waals surface area contributed by atoms with E-state index >= 15 is 0 Å². The number of nitro groups is 1. The molecule has 6 nitrogen and oxygen atoms in total. The fourth-order valence-electron chi connectivity index (χ4n) is 1.04. The SMILES string of the molecule is Cc1cccc(N(O)O)c1[N+](=O)[O-]. The average molecular weight is 184 g/mol. The average Bonchev–Trinajstić information content (AvgIpc) is 2.02. The molecule has 1 aromatic carbocycles. The summed E-state index contributed by atoms with van der Waals surface area (Å²) in [5, 5.41) is 27.6. The van der Waals surface area contributed by atoms with Gasteiger partial charge in [0, 0.05) is 5.56 Å². The molecule has 1 aromatic rings. The zero-order valence-corrected chi connectivity index (χ0v) is 6.84. The fraction of sp³-hybridized carbons (Fsp3) is 0.143. The number of aryl methyl sites for hydroxylation is 1. The molecule has 0 fully saturated rings. The Bertz CT molecular complexity index is 337. The second kappa shape index (κ2) is 3.38. The number of benzene rings is 1. The molecule has 0 aliphatic heterocycles. The van der Waals surface area contributed by atoms with Crippen LogP contribution in [0.15, 0.2) is 18.2 Å². The van der Waals surface area contributed by atoms with Gasteiger partial charge in [-0.3, -0.25) is 20.5 Å². The third-order valence-corrected chi connectivity index (χ3v) is 1.61. The van der Waals surface area contributed by atoms with Gasteiger partial charge in [0.05, 0.1) is 4.92 Å². The lowest BCUT2D eigenvalue weighted by Gasteiger charge is -2.08. The first-order valence-electron chi connectivity index (χ1n) is 3.46. The van der Waals surface area contributed by atoms with Crippen LogP contribution in [0.4, 0.5) is 11.4 Å². The van der Waals surface area contributed by atoms with Crippen LogP contribution in [0.25, 0.3) is 0 Å². The topological polar surface area (TPSA) is 86.8 Å². The van der Waals surface area contributed by atoms with Gasteiger partial charge in [0.2, 0.25) is 0 Å². The highest BCUT2D eigenvalue weighted by Crippen LogP contribution is 2.29. The second-order valence-corrected chi connectivity index (χ2v) is 2.49. The maximum atomic E-state index is 10.5. The molecular formula is C7H8N2O4. The predicted octanol–water partition coefficient (Wildman–Crippen LogP) is 1.49. The number of rotatable bonds is 2. The summed E-state index contributed by atoms with van der Waals surface area (Å²) in [6.45, 7) is 1.52. The molecule has 6 heteroatoms. The molecule has 0 unspecified atom stereocenters. The van der Waals surface area contributed by atoms with Gasteiger partial charge in [-0.05, 0) is 13.0 Å². The number of para-hydroxylation sites is 1. The summed E-state index contributed by atoms with van der Waals surface area (Å²) in [4.78, 5) is 9.84. The molecule has 2 N–H and O–H groups in total. The predicted molar refractivity (Wildman–Crippen MR) is 43.9 cm³/mol. The van der Waals surface area contributed by atoms with Crippen molar-refractivity contribution in [3.63, 3.8) is 0 Å². The van der Waals surface area contributed by atoms with Crippen LogP contribution in [-0.2, 0) is 0 Å². The van der Waals surface area contributed by atoms with Crippen molar-refractivity contribution in [3.05, 3.63) is 33.9 Å². The lowest BCUT2D eigenvalue weighted by Crippen LogP contribution is -2.13. The monoisotopic (exact) mass is 184 g/mol. The first-order valence-corrected chi connectivity index (χ1v) is 3.46. The maximum absolute atomic E-state index is 10.5. The van der Waals surface area contributed by atoms with Gasteiger partial charge < -0.3 is 0 Å². The van der Waals surface area contributed by atoms with Gasteiger partial charge >= 0.3 is 0 Å². The van der Waals surface area contributed by atoms with Crippen LogP contribution in [0.3, 0.4) is 0 Å². The normalized spacial score (nSPS) is 9.77. The summed E-state index contributed by atoms with van der Waals surface area (Å²) in [6.07, 6.45) is 0. The van der Waals surface area contributed by atoms with E-state index in [1.54, 1.807) is 0 Å². The summed E-state index contributed by atoms with van der Waals surface area (Å²) < 4.78 is 0. The maximum Gasteiger partial charge on any atom is 0.300 e. The summed E-state index contributed by atoms with van der Waals surface area (Å²) >= 11 is 0. The summed E-state index contributed by atoms with van der Waals surface area (Å²) in [6, 6.07) is 4.26. The molecule has 0 spiro atoms. The van der Waals surface area contributed by atoms with Crippen molar-refractivity contribution in [1.82, 2.24) is 0 Å². The van der Waals surface area contributed by atoms with Crippen LogP contribution in [0, 0.1) is 17.0 Å². The van der Waals surface area contributed by atoms with Gasteiger partial charge in [-0.15, -0.1) is 5.23 Å². The lowest BCUT2D eigenvalue weighted by molar-refractivity contribution is -0.385. The Hall–Kier alpha value is -1.66.